The highest BCUT2D eigenvalue weighted by Gasteiger charge is 1.90. The number of nitrogens with one attached hydrogen (secondary N) is 1. The van der Waals surface area contributed by atoms with E-state index >= 15 is 0 Å². The van der Waals surface area contributed by atoms with E-state index in [-0.39, 0.29) is 5.78 Å². The molecule has 0 radical (unpaired) electrons. The number of Topliss-reactive ketones (excluding diaryl/α,β-unsaturated/α-hetero) is 1. The molecule has 0 bridgehead atoms. The summed E-state index contributed by atoms with van der Waals surface area (Å²) >= 11 is 0. The van der Waals surface area contributed by atoms with E-state index < -0.39 is 0 Å². The summed E-state index contributed by atoms with van der Waals surface area (Å²) in [5.74, 6) is 0.279. The topological polar surface area (TPSA) is 29.1 Å². The molecule has 0 heterocycles. The Morgan fingerprint density at radius 1 is 1.67 bits per heavy atom. The van der Waals surface area contributed by atoms with Crippen LogP contribution in [0.3, 0.4) is 0 Å². The number of carbonyl (C=O) groups is 1. The van der Waals surface area contributed by atoms with Crippen LogP contribution in [0.15, 0.2) is 12.3 Å². The molecule has 0 aromatic carbocycles. The maximum absolute atomic E-state index is 10.6. The summed E-state index contributed by atoms with van der Waals surface area (Å²) in [4.78, 5) is 10.6. The molecule has 0 fully saturated rings. The standard InChI is InChI=1S/C7H13NO/c1-3-7(9)5-4-6-8-2/h4,6,8H,3,5H2,1-2H3/b6-4-. The SMILES string of the molecule is CCC(=O)C/C=C\NC. The lowest BCUT2D eigenvalue weighted by Gasteiger charge is -1.87. The Bertz CT molecular complexity index is 107. The van der Waals surface area contributed by atoms with Crippen LogP contribution in [0.25, 0.3) is 0 Å². The highest BCUT2D eigenvalue weighted by molar-refractivity contribution is 5.79. The molecule has 0 spiro atoms. The number of carbonyl (C=O) groups excluding carboxylic acids is 1. The summed E-state index contributed by atoms with van der Waals surface area (Å²) in [6.45, 7) is 1.87. The van der Waals surface area contributed by atoms with E-state index in [1.54, 1.807) is 6.20 Å². The number of allylic oxidation sites excluding steroid dienone is 1. The van der Waals surface area contributed by atoms with Gasteiger partial charge in [-0.3, -0.25) is 4.79 Å². The molecule has 0 saturated carbocycles. The molecule has 0 aromatic rings. The van der Waals surface area contributed by atoms with Gasteiger partial charge >= 0.3 is 0 Å². The molecular weight excluding hydrogens is 114 g/mol. The molecule has 1 N–H and O–H groups in total. The highest BCUT2D eigenvalue weighted by atomic mass is 16.1. The van der Waals surface area contributed by atoms with Crippen LogP contribution < -0.4 is 5.32 Å². The normalized spacial score (nSPS) is 10.0. The van der Waals surface area contributed by atoms with Gasteiger partial charge in [-0.2, -0.15) is 0 Å². The summed E-state index contributed by atoms with van der Waals surface area (Å²) in [7, 11) is 1.81. The first kappa shape index (κ1) is 8.21. The van der Waals surface area contributed by atoms with Crippen molar-refractivity contribution in [3.63, 3.8) is 0 Å². The first-order chi connectivity index (χ1) is 4.31. The minimum atomic E-state index is 0.279. The predicted octanol–water partition coefficient (Wildman–Crippen LogP) is 1.09. The fourth-order valence-corrected chi connectivity index (χ4v) is 0.453. The van der Waals surface area contributed by atoms with Crippen molar-refractivity contribution < 1.29 is 4.79 Å². The monoisotopic (exact) mass is 127 g/mol. The highest BCUT2D eigenvalue weighted by Crippen LogP contribution is 1.88. The van der Waals surface area contributed by atoms with Crippen molar-refractivity contribution >= 4 is 5.78 Å². The second kappa shape index (κ2) is 5.35. The van der Waals surface area contributed by atoms with Gasteiger partial charge < -0.3 is 5.32 Å². The zero-order valence-corrected chi connectivity index (χ0v) is 5.98. The van der Waals surface area contributed by atoms with Gasteiger partial charge in [0.1, 0.15) is 5.78 Å². The molecule has 0 aromatic heterocycles. The second-order valence-corrected chi connectivity index (χ2v) is 1.79. The van der Waals surface area contributed by atoms with Crippen LogP contribution in [0.4, 0.5) is 0 Å². The third-order valence-electron chi connectivity index (χ3n) is 1.02. The summed E-state index contributed by atoms with van der Waals surface area (Å²) in [6, 6.07) is 0. The summed E-state index contributed by atoms with van der Waals surface area (Å²) in [5.41, 5.74) is 0. The fourth-order valence-electron chi connectivity index (χ4n) is 0.453. The molecule has 0 atom stereocenters. The van der Waals surface area contributed by atoms with Crippen molar-refractivity contribution in [2.24, 2.45) is 0 Å². The van der Waals surface area contributed by atoms with Crippen molar-refractivity contribution in [3.05, 3.63) is 12.3 Å². The van der Waals surface area contributed by atoms with E-state index in [0.717, 1.165) is 0 Å². The number of hydrogen-bond acceptors (Lipinski definition) is 2. The molecular formula is C7H13NO. The molecule has 0 rings (SSSR count). The molecule has 2 heteroatoms. The largest absolute Gasteiger partial charge is 0.394 e. The van der Waals surface area contributed by atoms with Gasteiger partial charge in [-0.15, -0.1) is 0 Å². The smallest absolute Gasteiger partial charge is 0.136 e. The van der Waals surface area contributed by atoms with Crippen LogP contribution in [0.5, 0.6) is 0 Å². The minimum absolute atomic E-state index is 0.279. The fraction of sp³-hybridized carbons (Fsp3) is 0.571. The average molecular weight is 127 g/mol. The number of ketones is 1. The third kappa shape index (κ3) is 5.07. The Balaban J connectivity index is 3.26. The van der Waals surface area contributed by atoms with Gasteiger partial charge in [-0.05, 0) is 6.20 Å². The molecule has 0 aliphatic heterocycles. The Morgan fingerprint density at radius 2 is 2.33 bits per heavy atom. The van der Waals surface area contributed by atoms with Crippen LogP contribution in [0.1, 0.15) is 19.8 Å². The molecule has 2 nitrogen and oxygen atoms in total. The quantitative estimate of drug-likeness (QED) is 0.612. The predicted molar refractivity (Wildman–Crippen MR) is 38.1 cm³/mol. The maximum Gasteiger partial charge on any atom is 0.136 e. The summed E-state index contributed by atoms with van der Waals surface area (Å²) < 4.78 is 0. The van der Waals surface area contributed by atoms with E-state index in [2.05, 4.69) is 5.32 Å². The molecule has 9 heavy (non-hydrogen) atoms. The minimum Gasteiger partial charge on any atom is -0.394 e. The van der Waals surface area contributed by atoms with Gasteiger partial charge in [0.05, 0.1) is 0 Å². The lowest BCUT2D eigenvalue weighted by molar-refractivity contribution is -0.117. The van der Waals surface area contributed by atoms with Crippen molar-refractivity contribution in [2.45, 2.75) is 19.8 Å². The third-order valence-corrected chi connectivity index (χ3v) is 1.02. The van der Waals surface area contributed by atoms with E-state index in [1.165, 1.54) is 0 Å². The van der Waals surface area contributed by atoms with Gasteiger partial charge in [-0.25, -0.2) is 0 Å². The molecule has 0 unspecified atom stereocenters. The molecule has 52 valence electrons. The van der Waals surface area contributed by atoms with Gasteiger partial charge in [-0.1, -0.05) is 13.0 Å². The Morgan fingerprint density at radius 3 is 2.78 bits per heavy atom. The van der Waals surface area contributed by atoms with Crippen LogP contribution >= 0.6 is 0 Å². The molecule has 0 aliphatic rings. The average Bonchev–Trinajstić information content (AvgIpc) is 1.89. The Kier molecular flexibility index (Phi) is 4.88. The van der Waals surface area contributed by atoms with Gasteiger partial charge in [0.2, 0.25) is 0 Å². The lowest BCUT2D eigenvalue weighted by Crippen LogP contribution is -1.95. The Labute approximate surface area is 56.0 Å². The van der Waals surface area contributed by atoms with Crippen LogP contribution in [-0.2, 0) is 4.79 Å². The zero-order chi connectivity index (χ0) is 7.11. The molecule has 0 amide bonds. The van der Waals surface area contributed by atoms with Gasteiger partial charge in [0.25, 0.3) is 0 Å². The number of hydrogen-bond donors (Lipinski definition) is 1. The van der Waals surface area contributed by atoms with Crippen LogP contribution in [0.2, 0.25) is 0 Å². The first-order valence-electron chi connectivity index (χ1n) is 3.15. The van der Waals surface area contributed by atoms with E-state index in [9.17, 15) is 4.79 Å². The Hall–Kier alpha value is -0.790. The second-order valence-electron chi connectivity index (χ2n) is 1.79. The van der Waals surface area contributed by atoms with Gasteiger partial charge in [0, 0.05) is 19.9 Å². The number of rotatable bonds is 4. The summed E-state index contributed by atoms with van der Waals surface area (Å²) in [6.07, 6.45) is 4.78. The van der Waals surface area contributed by atoms with E-state index in [4.69, 9.17) is 0 Å². The molecule has 0 aliphatic carbocycles. The van der Waals surface area contributed by atoms with Gasteiger partial charge in [0.15, 0.2) is 0 Å². The van der Waals surface area contributed by atoms with Crippen molar-refractivity contribution in [2.75, 3.05) is 7.05 Å². The van der Waals surface area contributed by atoms with Crippen molar-refractivity contribution in [1.29, 1.82) is 0 Å². The lowest BCUT2D eigenvalue weighted by atomic mass is 10.2. The maximum atomic E-state index is 10.6. The zero-order valence-electron chi connectivity index (χ0n) is 5.98. The van der Waals surface area contributed by atoms with Crippen molar-refractivity contribution in [3.8, 4) is 0 Å². The van der Waals surface area contributed by atoms with Crippen molar-refractivity contribution in [1.82, 2.24) is 5.32 Å². The summed E-state index contributed by atoms with van der Waals surface area (Å²) in [5, 5.41) is 2.81. The van der Waals surface area contributed by atoms with E-state index in [1.807, 2.05) is 20.0 Å². The molecule has 0 saturated heterocycles. The van der Waals surface area contributed by atoms with Crippen LogP contribution in [0, 0.1) is 0 Å². The van der Waals surface area contributed by atoms with Crippen LogP contribution in [-0.4, -0.2) is 12.8 Å². The first-order valence-corrected chi connectivity index (χ1v) is 3.15. The van der Waals surface area contributed by atoms with E-state index in [0.29, 0.717) is 12.8 Å².